The first-order valence-electron chi connectivity index (χ1n) is 9.50. The maximum Gasteiger partial charge on any atom is 0.0782 e. The Hall–Kier alpha value is -0.340. The Kier molecular flexibility index (Phi) is 13.8. The van der Waals surface area contributed by atoms with Crippen molar-refractivity contribution < 1.29 is 21.5 Å². The van der Waals surface area contributed by atoms with E-state index in [2.05, 4.69) is 51.4 Å². The first-order chi connectivity index (χ1) is 10.6. The number of hydrogen-bond donors (Lipinski definition) is 0. The molecule has 0 saturated heterocycles. The lowest BCUT2D eigenvalue weighted by Crippen LogP contribution is -3.00. The lowest BCUT2D eigenvalue weighted by Gasteiger charge is -2.30. The molecule has 0 bridgehead atoms. The SMILES string of the molecule is CCCCCCCCC[N+](C)(C)CCCCc1ccccc1.[Br-]. The van der Waals surface area contributed by atoms with Gasteiger partial charge >= 0.3 is 0 Å². The maximum atomic E-state index is 2.40. The molecule has 23 heavy (non-hydrogen) atoms. The van der Waals surface area contributed by atoms with Gasteiger partial charge in [-0.25, -0.2) is 0 Å². The van der Waals surface area contributed by atoms with Crippen LogP contribution in [-0.2, 0) is 6.42 Å². The minimum absolute atomic E-state index is 0. The quantitative estimate of drug-likeness (QED) is 0.362. The number of hydrogen-bond acceptors (Lipinski definition) is 0. The van der Waals surface area contributed by atoms with Crippen LogP contribution in [0.1, 0.15) is 70.3 Å². The second-order valence-corrected chi connectivity index (χ2v) is 7.45. The fourth-order valence-corrected chi connectivity index (χ4v) is 3.12. The molecule has 134 valence electrons. The van der Waals surface area contributed by atoms with Crippen LogP contribution in [0.4, 0.5) is 0 Å². The molecule has 0 aliphatic heterocycles. The van der Waals surface area contributed by atoms with Crippen LogP contribution in [0.3, 0.4) is 0 Å². The van der Waals surface area contributed by atoms with Crippen LogP contribution in [0.15, 0.2) is 30.3 Å². The molecule has 0 atom stereocenters. The number of aryl methyl sites for hydroxylation is 1. The van der Waals surface area contributed by atoms with Crippen molar-refractivity contribution in [3.8, 4) is 0 Å². The highest BCUT2D eigenvalue weighted by Gasteiger charge is 2.13. The molecule has 1 rings (SSSR count). The third-order valence-corrected chi connectivity index (χ3v) is 4.69. The molecular weight excluding hydrogens is 346 g/mol. The Morgan fingerprint density at radius 2 is 1.22 bits per heavy atom. The van der Waals surface area contributed by atoms with Gasteiger partial charge in [0.25, 0.3) is 0 Å². The molecule has 0 saturated carbocycles. The Bertz CT molecular complexity index is 361. The monoisotopic (exact) mass is 383 g/mol. The van der Waals surface area contributed by atoms with Crippen molar-refractivity contribution in [1.82, 2.24) is 0 Å². The van der Waals surface area contributed by atoms with E-state index >= 15 is 0 Å². The number of quaternary nitrogens is 1. The Balaban J connectivity index is 0.00000484. The summed E-state index contributed by atoms with van der Waals surface area (Å²) in [6.45, 7) is 4.96. The minimum atomic E-state index is 0. The molecule has 2 heteroatoms. The van der Waals surface area contributed by atoms with E-state index in [9.17, 15) is 0 Å². The fraction of sp³-hybridized carbons (Fsp3) is 0.714. The van der Waals surface area contributed by atoms with E-state index < -0.39 is 0 Å². The van der Waals surface area contributed by atoms with Gasteiger partial charge in [-0.05, 0) is 37.7 Å². The zero-order chi connectivity index (χ0) is 16.1. The van der Waals surface area contributed by atoms with Crippen molar-refractivity contribution >= 4 is 0 Å². The molecule has 0 amide bonds. The van der Waals surface area contributed by atoms with Crippen molar-refractivity contribution in [1.29, 1.82) is 0 Å². The van der Waals surface area contributed by atoms with Crippen molar-refractivity contribution in [2.24, 2.45) is 0 Å². The highest BCUT2D eigenvalue weighted by molar-refractivity contribution is 5.14. The van der Waals surface area contributed by atoms with E-state index in [1.807, 2.05) is 0 Å². The molecule has 1 aromatic rings. The van der Waals surface area contributed by atoms with Crippen LogP contribution in [0.2, 0.25) is 0 Å². The molecule has 1 nitrogen and oxygen atoms in total. The topological polar surface area (TPSA) is 0 Å². The summed E-state index contributed by atoms with van der Waals surface area (Å²) < 4.78 is 1.20. The van der Waals surface area contributed by atoms with Crippen LogP contribution in [0.5, 0.6) is 0 Å². The van der Waals surface area contributed by atoms with Gasteiger partial charge in [-0.15, -0.1) is 0 Å². The van der Waals surface area contributed by atoms with Crippen molar-refractivity contribution in [3.63, 3.8) is 0 Å². The number of benzene rings is 1. The van der Waals surface area contributed by atoms with Gasteiger partial charge in [-0.1, -0.05) is 69.4 Å². The Morgan fingerprint density at radius 3 is 1.83 bits per heavy atom. The molecular formula is C21H38BrN. The summed E-state index contributed by atoms with van der Waals surface area (Å²) in [4.78, 5) is 0. The molecule has 0 radical (unpaired) electrons. The highest BCUT2D eigenvalue weighted by atomic mass is 79.9. The summed E-state index contributed by atoms with van der Waals surface area (Å²) in [6, 6.07) is 10.9. The molecule has 0 aliphatic carbocycles. The van der Waals surface area contributed by atoms with Crippen molar-refractivity contribution in [3.05, 3.63) is 35.9 Å². The summed E-state index contributed by atoms with van der Waals surface area (Å²) >= 11 is 0. The Labute approximate surface area is 155 Å². The van der Waals surface area contributed by atoms with E-state index in [1.165, 1.54) is 87.3 Å². The second kappa shape index (κ2) is 14.0. The second-order valence-electron chi connectivity index (χ2n) is 7.45. The lowest BCUT2D eigenvalue weighted by molar-refractivity contribution is -0.890. The van der Waals surface area contributed by atoms with Gasteiger partial charge < -0.3 is 21.5 Å². The molecule has 0 N–H and O–H groups in total. The van der Waals surface area contributed by atoms with E-state index in [4.69, 9.17) is 0 Å². The van der Waals surface area contributed by atoms with E-state index in [0.29, 0.717) is 0 Å². The first-order valence-corrected chi connectivity index (χ1v) is 9.50. The van der Waals surface area contributed by atoms with Crippen molar-refractivity contribution in [2.75, 3.05) is 27.2 Å². The van der Waals surface area contributed by atoms with E-state index in [-0.39, 0.29) is 17.0 Å². The molecule has 0 aliphatic rings. The molecule has 0 spiro atoms. The zero-order valence-corrected chi connectivity index (χ0v) is 17.3. The molecule has 0 unspecified atom stereocenters. The standard InChI is InChI=1S/C21H38N.BrH/c1-4-5-6-7-8-9-14-19-22(2,3)20-15-13-18-21-16-11-10-12-17-21;/h10-12,16-17H,4-9,13-15,18-20H2,1-3H3;1H/q+1;/p-1. The maximum absolute atomic E-state index is 2.40. The van der Waals surface area contributed by atoms with Gasteiger partial charge in [-0.2, -0.15) is 0 Å². The predicted octanol–water partition coefficient (Wildman–Crippen LogP) is 2.84. The third-order valence-electron chi connectivity index (χ3n) is 4.69. The normalized spacial score (nSPS) is 11.3. The molecule has 0 aromatic heterocycles. The van der Waals surface area contributed by atoms with Gasteiger partial charge in [-0.3, -0.25) is 0 Å². The van der Waals surface area contributed by atoms with Crippen LogP contribution < -0.4 is 17.0 Å². The Morgan fingerprint density at radius 1 is 0.696 bits per heavy atom. The van der Waals surface area contributed by atoms with Gasteiger partial charge in [0.05, 0.1) is 27.2 Å². The van der Waals surface area contributed by atoms with Gasteiger partial charge in [0.15, 0.2) is 0 Å². The summed E-state index contributed by atoms with van der Waals surface area (Å²) in [7, 11) is 4.80. The number of unbranched alkanes of at least 4 members (excludes halogenated alkanes) is 7. The summed E-state index contributed by atoms with van der Waals surface area (Å²) in [5.74, 6) is 0. The number of halogens is 1. The summed E-state index contributed by atoms with van der Waals surface area (Å²) in [6.07, 6.45) is 13.8. The molecule has 1 aromatic carbocycles. The average molecular weight is 384 g/mol. The molecule has 0 fully saturated rings. The fourth-order valence-electron chi connectivity index (χ4n) is 3.12. The third kappa shape index (κ3) is 12.7. The van der Waals surface area contributed by atoms with Gasteiger partial charge in [0, 0.05) is 0 Å². The van der Waals surface area contributed by atoms with E-state index in [0.717, 1.165) is 0 Å². The summed E-state index contributed by atoms with van der Waals surface area (Å²) in [5.41, 5.74) is 1.49. The number of nitrogens with zero attached hydrogens (tertiary/aromatic N) is 1. The zero-order valence-electron chi connectivity index (χ0n) is 15.7. The summed E-state index contributed by atoms with van der Waals surface area (Å²) in [5, 5.41) is 0. The highest BCUT2D eigenvalue weighted by Crippen LogP contribution is 2.11. The predicted molar refractivity (Wildman–Crippen MR) is 99.2 cm³/mol. The van der Waals surface area contributed by atoms with Crippen molar-refractivity contribution in [2.45, 2.75) is 71.1 Å². The molecule has 0 heterocycles. The lowest BCUT2D eigenvalue weighted by atomic mass is 10.1. The largest absolute Gasteiger partial charge is 1.00 e. The first kappa shape index (κ1) is 22.7. The van der Waals surface area contributed by atoms with Gasteiger partial charge in [0.1, 0.15) is 0 Å². The van der Waals surface area contributed by atoms with Crippen LogP contribution in [0, 0.1) is 0 Å². The van der Waals surface area contributed by atoms with E-state index in [1.54, 1.807) is 0 Å². The van der Waals surface area contributed by atoms with Crippen LogP contribution >= 0.6 is 0 Å². The van der Waals surface area contributed by atoms with Crippen LogP contribution in [-0.4, -0.2) is 31.7 Å². The average Bonchev–Trinajstić information content (AvgIpc) is 2.52. The smallest absolute Gasteiger partial charge is 0.0782 e. The minimum Gasteiger partial charge on any atom is -1.00 e. The number of rotatable bonds is 13. The van der Waals surface area contributed by atoms with Crippen LogP contribution in [0.25, 0.3) is 0 Å². The van der Waals surface area contributed by atoms with Gasteiger partial charge in [0.2, 0.25) is 0 Å².